The number of rotatable bonds is 2. The molecule has 0 radical (unpaired) electrons. The molecule has 0 unspecified atom stereocenters. The van der Waals surface area contributed by atoms with Gasteiger partial charge in [0.2, 0.25) is 0 Å². The van der Waals surface area contributed by atoms with E-state index in [1.54, 1.807) is 4.90 Å². The van der Waals surface area contributed by atoms with Crippen LogP contribution in [0.4, 0.5) is 0 Å². The molecule has 0 spiro atoms. The summed E-state index contributed by atoms with van der Waals surface area (Å²) >= 11 is 5.95. The average molecular weight is 266 g/mol. The zero-order valence-electron chi connectivity index (χ0n) is 10.7. The highest BCUT2D eigenvalue weighted by Gasteiger charge is 2.07. The predicted molar refractivity (Wildman–Crippen MR) is 74.7 cm³/mol. The van der Waals surface area contributed by atoms with E-state index in [2.05, 4.69) is 9.98 Å². The first-order chi connectivity index (χ1) is 8.49. The summed E-state index contributed by atoms with van der Waals surface area (Å²) in [5, 5.41) is 0.684. The molecule has 0 saturated heterocycles. The first-order valence-corrected chi connectivity index (χ1v) is 5.95. The van der Waals surface area contributed by atoms with E-state index in [0.29, 0.717) is 17.5 Å². The molecular weight excluding hydrogens is 250 g/mol. The number of halogens is 1. The summed E-state index contributed by atoms with van der Waals surface area (Å²) in [6, 6.07) is 5.65. The zero-order chi connectivity index (χ0) is 13.3. The lowest BCUT2D eigenvalue weighted by molar-refractivity contribution is 0.607. The van der Waals surface area contributed by atoms with Gasteiger partial charge in [0.1, 0.15) is 12.4 Å². The molecule has 1 aromatic carbocycles. The first kappa shape index (κ1) is 12.7. The van der Waals surface area contributed by atoms with Gasteiger partial charge in [-0.25, -0.2) is 9.98 Å². The maximum Gasteiger partial charge on any atom is 0.191 e. The van der Waals surface area contributed by atoms with Crippen molar-refractivity contribution in [1.29, 1.82) is 0 Å². The third-order valence-electron chi connectivity index (χ3n) is 2.78. The first-order valence-electron chi connectivity index (χ1n) is 5.57. The summed E-state index contributed by atoms with van der Waals surface area (Å²) in [6.07, 6.45) is 0. The molecule has 0 saturated carbocycles. The minimum Gasteiger partial charge on any atom is -0.370 e. The van der Waals surface area contributed by atoms with Crippen LogP contribution in [0.1, 0.15) is 5.82 Å². The van der Waals surface area contributed by atoms with E-state index in [4.69, 9.17) is 17.3 Å². The molecule has 2 aromatic rings. The van der Waals surface area contributed by atoms with Crippen LogP contribution < -0.4 is 5.73 Å². The van der Waals surface area contributed by atoms with Crippen LogP contribution in [0.2, 0.25) is 5.02 Å². The van der Waals surface area contributed by atoms with Crippen molar-refractivity contribution in [2.45, 2.75) is 6.54 Å². The van der Waals surface area contributed by atoms with Crippen LogP contribution in [0, 0.1) is 0 Å². The summed E-state index contributed by atoms with van der Waals surface area (Å²) in [6.45, 7) is 0.451. The molecular formula is C12H16ClN5. The molecule has 0 bridgehead atoms. The number of imidazole rings is 1. The summed E-state index contributed by atoms with van der Waals surface area (Å²) in [7, 11) is 5.67. The number of fused-ring (bicyclic) bond motifs is 1. The van der Waals surface area contributed by atoms with E-state index in [-0.39, 0.29) is 0 Å². The number of aryl methyl sites for hydroxylation is 1. The molecule has 5 nitrogen and oxygen atoms in total. The van der Waals surface area contributed by atoms with Crippen molar-refractivity contribution in [2.24, 2.45) is 17.8 Å². The van der Waals surface area contributed by atoms with E-state index in [1.807, 2.05) is 43.9 Å². The van der Waals surface area contributed by atoms with Crippen LogP contribution in [-0.2, 0) is 13.6 Å². The van der Waals surface area contributed by atoms with Crippen molar-refractivity contribution in [3.63, 3.8) is 0 Å². The van der Waals surface area contributed by atoms with Gasteiger partial charge in [-0.3, -0.25) is 0 Å². The third kappa shape index (κ3) is 2.41. The Morgan fingerprint density at radius 2 is 2.22 bits per heavy atom. The minimum atomic E-state index is 0.451. The minimum absolute atomic E-state index is 0.451. The normalized spacial score (nSPS) is 12.1. The van der Waals surface area contributed by atoms with Crippen molar-refractivity contribution in [1.82, 2.24) is 14.5 Å². The molecule has 0 amide bonds. The van der Waals surface area contributed by atoms with Crippen molar-refractivity contribution in [2.75, 3.05) is 14.1 Å². The van der Waals surface area contributed by atoms with Gasteiger partial charge < -0.3 is 15.2 Å². The lowest BCUT2D eigenvalue weighted by Crippen LogP contribution is -2.30. The highest BCUT2D eigenvalue weighted by molar-refractivity contribution is 6.31. The monoisotopic (exact) mass is 265 g/mol. The standard InChI is InChI=1S/C12H16ClN5/c1-17(2)12(14)15-7-11-16-9-6-8(13)4-5-10(9)18(11)3/h4-6H,7H2,1-3H3,(H2,14,15). The number of nitrogens with two attached hydrogens (primary N) is 1. The van der Waals surface area contributed by atoms with Gasteiger partial charge in [-0.15, -0.1) is 0 Å². The van der Waals surface area contributed by atoms with E-state index in [0.717, 1.165) is 16.9 Å². The largest absolute Gasteiger partial charge is 0.370 e. The smallest absolute Gasteiger partial charge is 0.191 e. The van der Waals surface area contributed by atoms with Gasteiger partial charge in [-0.2, -0.15) is 0 Å². The second-order valence-electron chi connectivity index (χ2n) is 4.29. The molecule has 1 aromatic heterocycles. The van der Waals surface area contributed by atoms with Crippen LogP contribution in [0.25, 0.3) is 11.0 Å². The van der Waals surface area contributed by atoms with Crippen LogP contribution in [0.3, 0.4) is 0 Å². The van der Waals surface area contributed by atoms with E-state index in [9.17, 15) is 0 Å². The zero-order valence-corrected chi connectivity index (χ0v) is 11.4. The van der Waals surface area contributed by atoms with Gasteiger partial charge in [0.15, 0.2) is 5.96 Å². The SMILES string of the molecule is CN(C)C(N)=NCc1nc2cc(Cl)ccc2n1C. The fourth-order valence-electron chi connectivity index (χ4n) is 1.66. The van der Waals surface area contributed by atoms with Crippen molar-refractivity contribution in [3.05, 3.63) is 29.0 Å². The third-order valence-corrected chi connectivity index (χ3v) is 3.01. The Balaban J connectivity index is 2.35. The number of aliphatic imine (C=N–C) groups is 1. The molecule has 18 heavy (non-hydrogen) atoms. The van der Waals surface area contributed by atoms with E-state index < -0.39 is 0 Å². The Morgan fingerprint density at radius 1 is 1.50 bits per heavy atom. The van der Waals surface area contributed by atoms with Gasteiger partial charge in [0.05, 0.1) is 11.0 Å². The number of aromatic nitrogens is 2. The molecule has 96 valence electrons. The van der Waals surface area contributed by atoms with Gasteiger partial charge in [-0.1, -0.05) is 11.6 Å². The Labute approximate surface area is 111 Å². The topological polar surface area (TPSA) is 59.4 Å². The Hall–Kier alpha value is -1.75. The molecule has 0 atom stereocenters. The quantitative estimate of drug-likeness (QED) is 0.663. The van der Waals surface area contributed by atoms with Gasteiger partial charge >= 0.3 is 0 Å². The fraction of sp³-hybridized carbons (Fsp3) is 0.333. The van der Waals surface area contributed by atoms with E-state index >= 15 is 0 Å². The summed E-state index contributed by atoms with van der Waals surface area (Å²) in [4.78, 5) is 10.5. The number of hydrogen-bond acceptors (Lipinski definition) is 2. The van der Waals surface area contributed by atoms with Crippen molar-refractivity contribution in [3.8, 4) is 0 Å². The summed E-state index contributed by atoms with van der Waals surface area (Å²) < 4.78 is 2.00. The highest BCUT2D eigenvalue weighted by atomic mass is 35.5. The molecule has 1 heterocycles. The maximum atomic E-state index is 5.95. The molecule has 0 aliphatic heterocycles. The van der Waals surface area contributed by atoms with Crippen LogP contribution in [0.5, 0.6) is 0 Å². The highest BCUT2D eigenvalue weighted by Crippen LogP contribution is 2.19. The number of benzene rings is 1. The Bertz CT molecular complexity index is 600. The second-order valence-corrected chi connectivity index (χ2v) is 4.73. The summed E-state index contributed by atoms with van der Waals surface area (Å²) in [5.74, 6) is 1.34. The number of nitrogens with zero attached hydrogens (tertiary/aromatic N) is 4. The van der Waals surface area contributed by atoms with Crippen molar-refractivity contribution < 1.29 is 0 Å². The Morgan fingerprint density at radius 3 is 2.89 bits per heavy atom. The fourth-order valence-corrected chi connectivity index (χ4v) is 1.82. The van der Waals surface area contributed by atoms with Crippen molar-refractivity contribution >= 4 is 28.6 Å². The molecule has 2 N–H and O–H groups in total. The van der Waals surface area contributed by atoms with Gasteiger partial charge in [-0.05, 0) is 18.2 Å². The average Bonchev–Trinajstić information content (AvgIpc) is 2.62. The lowest BCUT2D eigenvalue weighted by atomic mass is 10.3. The molecule has 0 aliphatic carbocycles. The number of hydrogen-bond donors (Lipinski definition) is 1. The molecule has 0 aliphatic rings. The molecule has 2 rings (SSSR count). The molecule has 0 fully saturated rings. The van der Waals surface area contributed by atoms with Crippen LogP contribution >= 0.6 is 11.6 Å². The van der Waals surface area contributed by atoms with Gasteiger partial charge in [0.25, 0.3) is 0 Å². The molecule has 6 heteroatoms. The predicted octanol–water partition coefficient (Wildman–Crippen LogP) is 1.60. The second kappa shape index (κ2) is 4.86. The van der Waals surface area contributed by atoms with Crippen LogP contribution in [0.15, 0.2) is 23.2 Å². The number of guanidine groups is 1. The maximum absolute atomic E-state index is 5.95. The summed E-state index contributed by atoms with van der Waals surface area (Å²) in [5.41, 5.74) is 7.66. The van der Waals surface area contributed by atoms with Crippen LogP contribution in [-0.4, -0.2) is 34.5 Å². The Kier molecular flexibility index (Phi) is 3.43. The lowest BCUT2D eigenvalue weighted by Gasteiger charge is -2.10. The van der Waals surface area contributed by atoms with E-state index in [1.165, 1.54) is 0 Å². The van der Waals surface area contributed by atoms with Gasteiger partial charge in [0, 0.05) is 26.2 Å².